The van der Waals surface area contributed by atoms with E-state index in [0.717, 1.165) is 5.69 Å². The van der Waals surface area contributed by atoms with Gasteiger partial charge in [-0.3, -0.25) is 0 Å². The summed E-state index contributed by atoms with van der Waals surface area (Å²) in [4.78, 5) is 4.90. The van der Waals surface area contributed by atoms with Crippen molar-refractivity contribution in [3.63, 3.8) is 0 Å². The molecule has 2 aromatic carbocycles. The summed E-state index contributed by atoms with van der Waals surface area (Å²) < 4.78 is 2.41. The van der Waals surface area contributed by atoms with Gasteiger partial charge in [0.15, 0.2) is 5.69 Å². The van der Waals surface area contributed by atoms with Gasteiger partial charge in [-0.15, -0.1) is 0 Å². The molecular weight excluding hydrogens is 352 g/mol. The molecular formula is C27H33N2+. The van der Waals surface area contributed by atoms with Crippen LogP contribution in [0.15, 0.2) is 42.7 Å². The molecule has 0 radical (unpaired) electrons. The summed E-state index contributed by atoms with van der Waals surface area (Å²) in [5.74, 6) is 0. The van der Waals surface area contributed by atoms with E-state index >= 15 is 0 Å². The lowest BCUT2D eigenvalue weighted by Crippen LogP contribution is -2.54. The van der Waals surface area contributed by atoms with Gasteiger partial charge < -0.3 is 0 Å². The Labute approximate surface area is 175 Å². The maximum atomic E-state index is 4.90. The Morgan fingerprint density at radius 1 is 0.931 bits per heavy atom. The maximum Gasteiger partial charge on any atom is 0.287 e. The highest BCUT2D eigenvalue weighted by atomic mass is 15.1. The smallest absolute Gasteiger partial charge is 0.226 e. The summed E-state index contributed by atoms with van der Waals surface area (Å²) in [5, 5.41) is 0. The van der Waals surface area contributed by atoms with Gasteiger partial charge in [-0.1, -0.05) is 49.1 Å². The lowest BCUT2D eigenvalue weighted by Gasteiger charge is -2.41. The highest BCUT2D eigenvalue weighted by Gasteiger charge is 2.44. The van der Waals surface area contributed by atoms with Crippen molar-refractivity contribution in [2.75, 3.05) is 0 Å². The number of fused-ring (bicyclic) bond motifs is 3. The third-order valence-corrected chi connectivity index (χ3v) is 6.83. The van der Waals surface area contributed by atoms with Gasteiger partial charge in [-0.2, -0.15) is 0 Å². The highest BCUT2D eigenvalue weighted by Crippen LogP contribution is 2.47. The molecule has 29 heavy (non-hydrogen) atoms. The molecule has 0 bridgehead atoms. The number of aryl methyl sites for hydroxylation is 4. The van der Waals surface area contributed by atoms with Crippen LogP contribution in [0.5, 0.6) is 0 Å². The Balaban J connectivity index is 1.99. The van der Waals surface area contributed by atoms with Crippen molar-refractivity contribution in [3.8, 4) is 22.5 Å². The van der Waals surface area contributed by atoms with Gasteiger partial charge in [0.1, 0.15) is 11.7 Å². The van der Waals surface area contributed by atoms with E-state index in [2.05, 4.69) is 95.8 Å². The molecule has 1 aliphatic heterocycles. The lowest BCUT2D eigenvalue weighted by atomic mass is 9.67. The molecule has 0 fully saturated rings. The van der Waals surface area contributed by atoms with E-state index in [4.69, 9.17) is 4.98 Å². The third kappa shape index (κ3) is 3.19. The summed E-state index contributed by atoms with van der Waals surface area (Å²) in [7, 11) is 0. The van der Waals surface area contributed by atoms with Crippen LogP contribution in [0.2, 0.25) is 0 Å². The number of hydrogen-bond donors (Lipinski definition) is 0. The first-order chi connectivity index (χ1) is 13.7. The molecule has 2 atom stereocenters. The van der Waals surface area contributed by atoms with Crippen molar-refractivity contribution < 1.29 is 4.57 Å². The molecule has 2 unspecified atom stereocenters. The zero-order valence-electron chi connectivity index (χ0n) is 18.9. The number of nitrogens with zero attached hydrogens (tertiary/aromatic N) is 2. The molecule has 1 aromatic heterocycles. The number of hydrogen-bond acceptors (Lipinski definition) is 1. The maximum absolute atomic E-state index is 4.90. The largest absolute Gasteiger partial charge is 0.287 e. The molecule has 2 heteroatoms. The second kappa shape index (κ2) is 7.09. The van der Waals surface area contributed by atoms with Crippen molar-refractivity contribution in [1.82, 2.24) is 4.98 Å². The fourth-order valence-corrected chi connectivity index (χ4v) is 5.53. The Hall–Kier alpha value is -2.48. The van der Waals surface area contributed by atoms with Gasteiger partial charge in [0.05, 0.1) is 0 Å². The van der Waals surface area contributed by atoms with Gasteiger partial charge >= 0.3 is 0 Å². The molecule has 2 heterocycles. The quantitative estimate of drug-likeness (QED) is 0.466. The van der Waals surface area contributed by atoms with Crippen molar-refractivity contribution in [2.45, 2.75) is 72.8 Å². The van der Waals surface area contributed by atoms with Crippen LogP contribution in [-0.2, 0) is 5.41 Å². The number of rotatable bonds is 3. The fourth-order valence-electron chi connectivity index (χ4n) is 5.53. The Bertz CT molecular complexity index is 1080. The molecule has 0 saturated carbocycles. The van der Waals surface area contributed by atoms with Crippen LogP contribution in [0.1, 0.15) is 67.5 Å². The van der Waals surface area contributed by atoms with E-state index < -0.39 is 0 Å². The Morgan fingerprint density at radius 3 is 2.24 bits per heavy atom. The SMILES string of the molecule is CCCC1(C)c2c(C)cc(C)cc2-c2cc(-c3cc(C)cc(C)c3)nc[n+]2C1C. The molecule has 3 aromatic rings. The Morgan fingerprint density at radius 2 is 1.59 bits per heavy atom. The van der Waals surface area contributed by atoms with Crippen LogP contribution < -0.4 is 4.57 Å². The average Bonchev–Trinajstić information content (AvgIpc) is 2.64. The average molecular weight is 386 g/mol. The zero-order chi connectivity index (χ0) is 20.9. The predicted octanol–water partition coefficient (Wildman–Crippen LogP) is 6.57. The van der Waals surface area contributed by atoms with E-state index in [-0.39, 0.29) is 5.41 Å². The molecule has 0 amide bonds. The van der Waals surface area contributed by atoms with E-state index in [0.29, 0.717) is 6.04 Å². The van der Waals surface area contributed by atoms with Crippen LogP contribution in [0.3, 0.4) is 0 Å². The lowest BCUT2D eigenvalue weighted by molar-refractivity contribution is -0.723. The standard InChI is InChI=1S/C27H33N2/c1-8-9-27(7)21(6)29-16-28-24(22-12-17(2)10-18(3)13-22)15-25(29)23-14-19(4)11-20(5)26(23)27/h10-16,21H,8-9H2,1-7H3/q+1. The topological polar surface area (TPSA) is 16.8 Å². The minimum absolute atomic E-state index is 0.114. The number of aromatic nitrogens is 2. The van der Waals surface area contributed by atoms with Gasteiger partial charge in [0, 0.05) is 22.6 Å². The molecule has 1 aliphatic rings. The van der Waals surface area contributed by atoms with E-state index in [9.17, 15) is 0 Å². The minimum atomic E-state index is 0.114. The highest BCUT2D eigenvalue weighted by molar-refractivity contribution is 5.72. The summed E-state index contributed by atoms with van der Waals surface area (Å²) in [6.45, 7) is 15.9. The summed E-state index contributed by atoms with van der Waals surface area (Å²) in [5.41, 5.74) is 11.9. The summed E-state index contributed by atoms with van der Waals surface area (Å²) >= 11 is 0. The van der Waals surface area contributed by atoms with E-state index in [1.54, 1.807) is 0 Å². The predicted molar refractivity (Wildman–Crippen MR) is 121 cm³/mol. The van der Waals surface area contributed by atoms with Crippen LogP contribution in [-0.4, -0.2) is 4.98 Å². The normalized spacial score (nSPS) is 20.3. The molecule has 0 spiro atoms. The van der Waals surface area contributed by atoms with E-state index in [1.807, 2.05) is 0 Å². The monoisotopic (exact) mass is 385 g/mol. The summed E-state index contributed by atoms with van der Waals surface area (Å²) in [6, 6.07) is 14.1. The molecule has 2 nitrogen and oxygen atoms in total. The second-order valence-electron chi connectivity index (χ2n) is 9.29. The molecule has 0 saturated heterocycles. The first kappa shape index (κ1) is 19.8. The van der Waals surface area contributed by atoms with Crippen LogP contribution >= 0.6 is 0 Å². The van der Waals surface area contributed by atoms with Crippen molar-refractivity contribution in [1.29, 1.82) is 0 Å². The van der Waals surface area contributed by atoms with Crippen molar-refractivity contribution in [3.05, 3.63) is 70.5 Å². The van der Waals surface area contributed by atoms with Crippen molar-refractivity contribution >= 4 is 0 Å². The third-order valence-electron chi connectivity index (χ3n) is 6.83. The number of benzene rings is 2. The van der Waals surface area contributed by atoms with Crippen LogP contribution in [0, 0.1) is 27.7 Å². The molecule has 150 valence electrons. The van der Waals surface area contributed by atoms with Gasteiger partial charge in [-0.05, 0) is 75.3 Å². The zero-order valence-corrected chi connectivity index (χ0v) is 18.9. The first-order valence-corrected chi connectivity index (χ1v) is 10.9. The van der Waals surface area contributed by atoms with Crippen LogP contribution in [0.25, 0.3) is 22.5 Å². The van der Waals surface area contributed by atoms with Gasteiger partial charge in [0.25, 0.3) is 6.33 Å². The Kier molecular flexibility index (Phi) is 4.85. The minimum Gasteiger partial charge on any atom is -0.226 e. The molecule has 0 aliphatic carbocycles. The van der Waals surface area contributed by atoms with Crippen molar-refractivity contribution in [2.24, 2.45) is 0 Å². The molecule has 0 N–H and O–H groups in total. The fraction of sp³-hybridized carbons (Fsp3) is 0.407. The molecule has 4 rings (SSSR count). The van der Waals surface area contributed by atoms with Gasteiger partial charge in [0.2, 0.25) is 0 Å². The second-order valence-corrected chi connectivity index (χ2v) is 9.29. The summed E-state index contributed by atoms with van der Waals surface area (Å²) in [6.07, 6.45) is 4.43. The first-order valence-electron chi connectivity index (χ1n) is 10.9. The van der Waals surface area contributed by atoms with Crippen LogP contribution in [0.4, 0.5) is 0 Å². The van der Waals surface area contributed by atoms with E-state index in [1.165, 1.54) is 57.5 Å². The van der Waals surface area contributed by atoms with Gasteiger partial charge in [-0.25, -0.2) is 4.57 Å².